The highest BCUT2D eigenvalue weighted by Crippen LogP contribution is 2.23. The van der Waals surface area contributed by atoms with Gasteiger partial charge in [-0.1, -0.05) is 17.7 Å². The Labute approximate surface area is 113 Å². The lowest BCUT2D eigenvalue weighted by atomic mass is 10.2. The smallest absolute Gasteiger partial charge is 0.244 e. The van der Waals surface area contributed by atoms with Crippen molar-refractivity contribution in [2.75, 3.05) is 18.4 Å². The maximum absolute atomic E-state index is 12.1. The van der Waals surface area contributed by atoms with E-state index < -0.39 is 0 Å². The molecule has 1 atom stereocenters. The third-order valence-corrected chi connectivity index (χ3v) is 3.60. The quantitative estimate of drug-likeness (QED) is 0.912. The zero-order valence-corrected chi connectivity index (χ0v) is 11.6. The van der Waals surface area contributed by atoms with Crippen LogP contribution in [0.15, 0.2) is 18.2 Å². The molecule has 1 fully saturated rings. The second-order valence-corrected chi connectivity index (χ2v) is 5.29. The van der Waals surface area contributed by atoms with Gasteiger partial charge in [-0.15, -0.1) is 0 Å². The molecule has 1 unspecified atom stereocenters. The number of hydrogen-bond acceptors (Lipinski definition) is 2. The Morgan fingerprint density at radius 2 is 2.06 bits per heavy atom. The van der Waals surface area contributed by atoms with Crippen molar-refractivity contribution in [1.29, 1.82) is 0 Å². The van der Waals surface area contributed by atoms with E-state index >= 15 is 0 Å². The molecule has 1 amide bonds. The van der Waals surface area contributed by atoms with Crippen LogP contribution in [-0.4, -0.2) is 29.9 Å². The molecule has 18 heavy (non-hydrogen) atoms. The molecule has 1 heterocycles. The number of rotatable bonds is 3. The maximum Gasteiger partial charge on any atom is 0.244 e. The molecular formula is C14H19ClN2O. The molecule has 0 aromatic heterocycles. The zero-order chi connectivity index (χ0) is 13.1. The summed E-state index contributed by atoms with van der Waals surface area (Å²) < 4.78 is 0. The molecular weight excluding hydrogens is 248 g/mol. The molecule has 1 aliphatic heterocycles. The minimum Gasteiger partial charge on any atom is -0.373 e. The van der Waals surface area contributed by atoms with E-state index in [2.05, 4.69) is 5.32 Å². The number of carbonyl (C=O) groups is 1. The molecule has 1 aromatic carbocycles. The van der Waals surface area contributed by atoms with Crippen molar-refractivity contribution in [3.8, 4) is 0 Å². The highest BCUT2D eigenvalue weighted by molar-refractivity contribution is 6.33. The molecule has 98 valence electrons. The van der Waals surface area contributed by atoms with Gasteiger partial charge < -0.3 is 10.2 Å². The van der Waals surface area contributed by atoms with Gasteiger partial charge in [0.1, 0.15) is 6.04 Å². The Hall–Kier alpha value is -1.22. The second-order valence-electron chi connectivity index (χ2n) is 4.88. The molecule has 1 N–H and O–H groups in total. The summed E-state index contributed by atoms with van der Waals surface area (Å²) in [6.45, 7) is 5.64. The summed E-state index contributed by atoms with van der Waals surface area (Å²) in [6.07, 6.45) is 2.23. The van der Waals surface area contributed by atoms with Crippen molar-refractivity contribution in [3.63, 3.8) is 0 Å². The summed E-state index contributed by atoms with van der Waals surface area (Å²) in [7, 11) is 0. The summed E-state index contributed by atoms with van der Waals surface area (Å²) >= 11 is 6.15. The number of carbonyl (C=O) groups excluding carboxylic acids is 1. The van der Waals surface area contributed by atoms with Crippen LogP contribution in [-0.2, 0) is 4.79 Å². The van der Waals surface area contributed by atoms with Gasteiger partial charge in [0.15, 0.2) is 0 Å². The summed E-state index contributed by atoms with van der Waals surface area (Å²) in [5.74, 6) is 0.157. The molecule has 0 spiro atoms. The van der Waals surface area contributed by atoms with Crippen molar-refractivity contribution in [2.24, 2.45) is 0 Å². The number of amides is 1. The zero-order valence-electron chi connectivity index (χ0n) is 10.9. The number of hydrogen-bond donors (Lipinski definition) is 1. The van der Waals surface area contributed by atoms with Gasteiger partial charge in [0.2, 0.25) is 5.91 Å². The van der Waals surface area contributed by atoms with Gasteiger partial charge in [-0.05, 0) is 44.4 Å². The number of anilines is 1. The predicted octanol–water partition coefficient (Wildman–Crippen LogP) is 3.07. The summed E-state index contributed by atoms with van der Waals surface area (Å²) in [4.78, 5) is 14.1. The van der Waals surface area contributed by atoms with Crippen LogP contribution < -0.4 is 5.32 Å². The van der Waals surface area contributed by atoms with Gasteiger partial charge >= 0.3 is 0 Å². The SMILES string of the molecule is Cc1ccc(NC(C)C(=O)N2CCCC2)c(Cl)c1. The van der Waals surface area contributed by atoms with E-state index in [1.807, 2.05) is 36.9 Å². The minimum atomic E-state index is -0.233. The van der Waals surface area contributed by atoms with Gasteiger partial charge in [0.05, 0.1) is 10.7 Å². The number of benzene rings is 1. The highest BCUT2D eigenvalue weighted by atomic mass is 35.5. The van der Waals surface area contributed by atoms with Crippen LogP contribution in [0.3, 0.4) is 0 Å². The fourth-order valence-corrected chi connectivity index (χ4v) is 2.53. The van der Waals surface area contributed by atoms with Gasteiger partial charge in [-0.2, -0.15) is 0 Å². The van der Waals surface area contributed by atoms with Crippen LogP contribution in [0.4, 0.5) is 5.69 Å². The lowest BCUT2D eigenvalue weighted by Gasteiger charge is -2.22. The molecule has 2 rings (SSSR count). The van der Waals surface area contributed by atoms with Gasteiger partial charge in [0, 0.05) is 13.1 Å². The summed E-state index contributed by atoms with van der Waals surface area (Å²) in [5, 5.41) is 3.85. The molecule has 0 saturated carbocycles. The number of nitrogens with one attached hydrogen (secondary N) is 1. The van der Waals surface area contributed by atoms with Gasteiger partial charge in [-0.3, -0.25) is 4.79 Å². The van der Waals surface area contributed by atoms with Gasteiger partial charge in [-0.25, -0.2) is 0 Å². The first kappa shape index (κ1) is 13.2. The first-order chi connectivity index (χ1) is 8.58. The van der Waals surface area contributed by atoms with Crippen molar-refractivity contribution in [1.82, 2.24) is 4.90 Å². The standard InChI is InChI=1S/C14H19ClN2O/c1-10-5-6-13(12(15)9-10)16-11(2)14(18)17-7-3-4-8-17/h5-6,9,11,16H,3-4,7-8H2,1-2H3. The van der Waals surface area contributed by atoms with Crippen molar-refractivity contribution >= 4 is 23.2 Å². The Kier molecular flexibility index (Phi) is 4.12. The van der Waals surface area contributed by atoms with E-state index in [4.69, 9.17) is 11.6 Å². The van der Waals surface area contributed by atoms with Crippen molar-refractivity contribution in [2.45, 2.75) is 32.7 Å². The lowest BCUT2D eigenvalue weighted by Crippen LogP contribution is -2.39. The average Bonchev–Trinajstić information content (AvgIpc) is 2.85. The van der Waals surface area contributed by atoms with Crippen LogP contribution in [0, 0.1) is 6.92 Å². The Morgan fingerprint density at radius 3 is 2.67 bits per heavy atom. The van der Waals surface area contributed by atoms with E-state index in [1.54, 1.807) is 0 Å². The molecule has 0 radical (unpaired) electrons. The van der Waals surface area contributed by atoms with Crippen LogP contribution in [0.5, 0.6) is 0 Å². The Morgan fingerprint density at radius 1 is 1.39 bits per heavy atom. The monoisotopic (exact) mass is 266 g/mol. The first-order valence-corrected chi connectivity index (χ1v) is 6.77. The third-order valence-electron chi connectivity index (χ3n) is 3.28. The van der Waals surface area contributed by atoms with Gasteiger partial charge in [0.25, 0.3) is 0 Å². The third kappa shape index (κ3) is 2.96. The maximum atomic E-state index is 12.1. The molecule has 0 aliphatic carbocycles. The Bertz CT molecular complexity index is 441. The fraction of sp³-hybridized carbons (Fsp3) is 0.500. The molecule has 4 heteroatoms. The normalized spacial score (nSPS) is 16.7. The Balaban J connectivity index is 2.01. The van der Waals surface area contributed by atoms with Crippen LogP contribution in [0.25, 0.3) is 0 Å². The molecule has 1 saturated heterocycles. The highest BCUT2D eigenvalue weighted by Gasteiger charge is 2.23. The lowest BCUT2D eigenvalue weighted by molar-refractivity contribution is -0.130. The largest absolute Gasteiger partial charge is 0.373 e. The van der Waals surface area contributed by atoms with Crippen LogP contribution in [0.2, 0.25) is 5.02 Å². The average molecular weight is 267 g/mol. The first-order valence-electron chi connectivity index (χ1n) is 6.39. The fourth-order valence-electron chi connectivity index (χ4n) is 2.24. The number of halogens is 1. The molecule has 1 aromatic rings. The number of likely N-dealkylation sites (tertiary alicyclic amines) is 1. The van der Waals surface area contributed by atoms with E-state index in [1.165, 1.54) is 0 Å². The van der Waals surface area contributed by atoms with Crippen molar-refractivity contribution < 1.29 is 4.79 Å². The number of aryl methyl sites for hydroxylation is 1. The van der Waals surface area contributed by atoms with E-state index in [9.17, 15) is 4.79 Å². The molecule has 0 bridgehead atoms. The van der Waals surface area contributed by atoms with Crippen molar-refractivity contribution in [3.05, 3.63) is 28.8 Å². The minimum absolute atomic E-state index is 0.157. The molecule has 3 nitrogen and oxygen atoms in total. The topological polar surface area (TPSA) is 32.3 Å². The van der Waals surface area contributed by atoms with E-state index in [0.717, 1.165) is 37.2 Å². The van der Waals surface area contributed by atoms with Crippen LogP contribution in [0.1, 0.15) is 25.3 Å². The van der Waals surface area contributed by atoms with Crippen LogP contribution >= 0.6 is 11.6 Å². The second kappa shape index (κ2) is 5.61. The summed E-state index contributed by atoms with van der Waals surface area (Å²) in [6, 6.07) is 5.58. The predicted molar refractivity (Wildman–Crippen MR) is 75.1 cm³/mol. The summed E-state index contributed by atoms with van der Waals surface area (Å²) in [5.41, 5.74) is 1.94. The van der Waals surface area contributed by atoms with E-state index in [-0.39, 0.29) is 11.9 Å². The van der Waals surface area contributed by atoms with E-state index in [0.29, 0.717) is 5.02 Å². The molecule has 1 aliphatic rings. The number of nitrogens with zero attached hydrogens (tertiary/aromatic N) is 1.